The molecule has 9 heteroatoms. The number of rotatable bonds is 4. The molecule has 0 radical (unpaired) electrons. The summed E-state index contributed by atoms with van der Waals surface area (Å²) in [5.41, 5.74) is -3.16. The van der Waals surface area contributed by atoms with Crippen LogP contribution in [0.5, 0.6) is 0 Å². The number of benzene rings is 1. The van der Waals surface area contributed by atoms with E-state index in [9.17, 15) is 28.4 Å². The average molecular weight is 390 g/mol. The lowest BCUT2D eigenvalue weighted by atomic mass is 9.83. The van der Waals surface area contributed by atoms with Crippen molar-refractivity contribution < 1.29 is 23.2 Å². The van der Waals surface area contributed by atoms with Crippen LogP contribution >= 0.6 is 0 Å². The van der Waals surface area contributed by atoms with Gasteiger partial charge in [-0.1, -0.05) is 19.3 Å². The van der Waals surface area contributed by atoms with Crippen molar-refractivity contribution in [1.29, 1.82) is 5.26 Å². The van der Waals surface area contributed by atoms with E-state index in [1.165, 1.54) is 6.92 Å². The van der Waals surface area contributed by atoms with Gasteiger partial charge in [0.2, 0.25) is 5.91 Å². The first-order chi connectivity index (χ1) is 13.2. The Morgan fingerprint density at radius 2 is 1.96 bits per heavy atom. The zero-order chi connectivity index (χ0) is 20.5. The van der Waals surface area contributed by atoms with E-state index < -0.39 is 47.1 Å². The summed E-state index contributed by atoms with van der Waals surface area (Å²) in [5, 5.41) is 14.4. The molecule has 28 heavy (non-hydrogen) atoms. The molecule has 7 nitrogen and oxygen atoms in total. The summed E-state index contributed by atoms with van der Waals surface area (Å²) in [6.45, 7) is 0.640. The molecule has 148 valence electrons. The third-order valence-electron chi connectivity index (χ3n) is 5.34. The second-order valence-corrected chi connectivity index (χ2v) is 7.37. The Hall–Kier alpha value is -3.02. The first-order valence-electron chi connectivity index (χ1n) is 9.03. The zero-order valence-electron chi connectivity index (χ0n) is 15.3. The molecule has 3 rings (SSSR count). The van der Waals surface area contributed by atoms with Gasteiger partial charge in [0.1, 0.15) is 29.3 Å². The van der Waals surface area contributed by atoms with E-state index in [-0.39, 0.29) is 5.56 Å². The third-order valence-corrected chi connectivity index (χ3v) is 5.34. The molecule has 1 saturated carbocycles. The van der Waals surface area contributed by atoms with Gasteiger partial charge in [0.15, 0.2) is 0 Å². The van der Waals surface area contributed by atoms with Crippen molar-refractivity contribution in [2.75, 3.05) is 6.54 Å². The summed E-state index contributed by atoms with van der Waals surface area (Å²) >= 11 is 0. The van der Waals surface area contributed by atoms with Gasteiger partial charge < -0.3 is 10.6 Å². The molecule has 1 heterocycles. The van der Waals surface area contributed by atoms with Crippen LogP contribution in [-0.2, 0) is 15.1 Å². The molecular formula is C19H20F2N4O3. The molecule has 2 N–H and O–H groups in total. The SMILES string of the molecule is C[C@]1(c2cc(F)ccc2F)NC(=O)N(CC(=O)NC2(C#N)CCCCC2)C1=O. The second-order valence-electron chi connectivity index (χ2n) is 7.37. The predicted octanol–water partition coefficient (Wildman–Crippen LogP) is 2.07. The quantitative estimate of drug-likeness (QED) is 0.769. The fraction of sp³-hybridized carbons (Fsp3) is 0.474. The predicted molar refractivity (Wildman–Crippen MR) is 93.5 cm³/mol. The van der Waals surface area contributed by atoms with Gasteiger partial charge in [0, 0.05) is 5.56 Å². The third kappa shape index (κ3) is 3.42. The first-order valence-corrected chi connectivity index (χ1v) is 9.03. The maximum atomic E-state index is 14.2. The van der Waals surface area contributed by atoms with Crippen molar-refractivity contribution in [1.82, 2.24) is 15.5 Å². The highest BCUT2D eigenvalue weighted by Gasteiger charge is 2.51. The summed E-state index contributed by atoms with van der Waals surface area (Å²) in [6.07, 6.45) is 3.58. The van der Waals surface area contributed by atoms with Crippen molar-refractivity contribution >= 4 is 17.8 Å². The highest BCUT2D eigenvalue weighted by atomic mass is 19.1. The van der Waals surface area contributed by atoms with Crippen molar-refractivity contribution in [2.45, 2.75) is 50.1 Å². The van der Waals surface area contributed by atoms with Crippen LogP contribution in [-0.4, -0.2) is 34.8 Å². The number of nitriles is 1. The van der Waals surface area contributed by atoms with Gasteiger partial charge >= 0.3 is 6.03 Å². The standard InChI is InChI=1S/C19H20F2N4O3/c1-18(13-9-12(20)5-6-14(13)21)16(27)25(17(28)24-18)10-15(26)23-19(11-22)7-3-2-4-8-19/h5-6,9H,2-4,7-8,10H2,1H3,(H,23,26)(H,24,28)/t18-/m1/s1. The molecule has 2 aliphatic rings. The zero-order valence-corrected chi connectivity index (χ0v) is 15.3. The molecular weight excluding hydrogens is 370 g/mol. The highest BCUT2D eigenvalue weighted by molar-refractivity contribution is 6.09. The summed E-state index contributed by atoms with van der Waals surface area (Å²) in [4.78, 5) is 38.1. The van der Waals surface area contributed by atoms with Crippen LogP contribution in [0, 0.1) is 23.0 Å². The Labute approximate surface area is 160 Å². The number of carbonyl (C=O) groups is 3. The lowest BCUT2D eigenvalue weighted by Crippen LogP contribution is -2.52. The number of urea groups is 1. The Morgan fingerprint density at radius 3 is 2.61 bits per heavy atom. The van der Waals surface area contributed by atoms with Crippen molar-refractivity contribution in [2.24, 2.45) is 0 Å². The fourth-order valence-electron chi connectivity index (χ4n) is 3.77. The van der Waals surface area contributed by atoms with Crippen LogP contribution in [0.15, 0.2) is 18.2 Å². The fourth-order valence-corrected chi connectivity index (χ4v) is 3.77. The van der Waals surface area contributed by atoms with Crippen molar-refractivity contribution in [3.8, 4) is 6.07 Å². The largest absolute Gasteiger partial charge is 0.336 e. The smallest absolute Gasteiger partial charge is 0.325 e. The second kappa shape index (κ2) is 7.19. The number of nitrogens with zero attached hydrogens (tertiary/aromatic N) is 2. The molecule has 1 atom stereocenters. The van der Waals surface area contributed by atoms with E-state index in [2.05, 4.69) is 16.7 Å². The molecule has 1 aliphatic carbocycles. The number of carbonyl (C=O) groups excluding carboxylic acids is 3. The minimum absolute atomic E-state index is 0.325. The summed E-state index contributed by atoms with van der Waals surface area (Å²) in [7, 11) is 0. The topological polar surface area (TPSA) is 102 Å². The van der Waals surface area contributed by atoms with Gasteiger partial charge in [-0.25, -0.2) is 13.6 Å². The molecule has 1 aromatic carbocycles. The summed E-state index contributed by atoms with van der Waals surface area (Å²) < 4.78 is 27.7. The van der Waals surface area contributed by atoms with Crippen LogP contribution < -0.4 is 10.6 Å². The monoisotopic (exact) mass is 390 g/mol. The van der Waals surface area contributed by atoms with E-state index in [1.807, 2.05) is 0 Å². The number of imide groups is 1. The number of nitrogens with one attached hydrogen (secondary N) is 2. The van der Waals surface area contributed by atoms with Gasteiger partial charge in [-0.15, -0.1) is 0 Å². The average Bonchev–Trinajstić information content (AvgIpc) is 2.88. The summed E-state index contributed by atoms with van der Waals surface area (Å²) in [6, 6.07) is 3.84. The number of hydrogen-bond acceptors (Lipinski definition) is 4. The molecule has 2 fully saturated rings. The lowest BCUT2D eigenvalue weighted by Gasteiger charge is -2.32. The van der Waals surface area contributed by atoms with Crippen LogP contribution in [0.3, 0.4) is 0 Å². The Morgan fingerprint density at radius 1 is 1.29 bits per heavy atom. The van der Waals surface area contributed by atoms with E-state index in [1.54, 1.807) is 0 Å². The Balaban J connectivity index is 1.78. The van der Waals surface area contributed by atoms with Gasteiger partial charge in [-0.3, -0.25) is 14.5 Å². The van der Waals surface area contributed by atoms with Crippen molar-refractivity contribution in [3.05, 3.63) is 35.4 Å². The highest BCUT2D eigenvalue weighted by Crippen LogP contribution is 2.31. The Bertz CT molecular complexity index is 876. The molecule has 0 unspecified atom stereocenters. The van der Waals surface area contributed by atoms with E-state index >= 15 is 0 Å². The van der Waals surface area contributed by atoms with Crippen LogP contribution in [0.4, 0.5) is 13.6 Å². The normalized spacial score (nSPS) is 23.9. The molecule has 1 aromatic rings. The lowest BCUT2D eigenvalue weighted by molar-refractivity contribution is -0.135. The van der Waals surface area contributed by atoms with Crippen molar-refractivity contribution in [3.63, 3.8) is 0 Å². The molecule has 1 saturated heterocycles. The van der Waals surface area contributed by atoms with E-state index in [0.717, 1.165) is 37.5 Å². The number of halogens is 2. The molecule has 0 aromatic heterocycles. The van der Waals surface area contributed by atoms with Crippen LogP contribution in [0.1, 0.15) is 44.6 Å². The Kier molecular flexibility index (Phi) is 5.06. The molecule has 1 aliphatic heterocycles. The first kappa shape index (κ1) is 19.7. The van der Waals surface area contributed by atoms with Gasteiger partial charge in [0.25, 0.3) is 5.91 Å². The van der Waals surface area contributed by atoms with Gasteiger partial charge in [0.05, 0.1) is 6.07 Å². The van der Waals surface area contributed by atoms with E-state index in [0.29, 0.717) is 17.7 Å². The number of hydrogen-bond donors (Lipinski definition) is 2. The van der Waals surface area contributed by atoms with Gasteiger partial charge in [-0.2, -0.15) is 5.26 Å². The molecule has 4 amide bonds. The van der Waals surface area contributed by atoms with Gasteiger partial charge in [-0.05, 0) is 38.0 Å². The minimum atomic E-state index is -1.83. The van der Waals surface area contributed by atoms with E-state index in [4.69, 9.17) is 0 Å². The maximum absolute atomic E-state index is 14.2. The van der Waals surface area contributed by atoms with Crippen LogP contribution in [0.25, 0.3) is 0 Å². The summed E-state index contributed by atoms with van der Waals surface area (Å²) in [5.74, 6) is -3.14. The maximum Gasteiger partial charge on any atom is 0.325 e. The van der Waals surface area contributed by atoms with Crippen LogP contribution in [0.2, 0.25) is 0 Å². The minimum Gasteiger partial charge on any atom is -0.336 e. The molecule has 0 spiro atoms. The number of amides is 4. The molecule has 0 bridgehead atoms.